The molecule has 1 aromatic carbocycles. The van der Waals surface area contributed by atoms with Gasteiger partial charge in [0.2, 0.25) is 5.91 Å². The van der Waals surface area contributed by atoms with Crippen molar-refractivity contribution in [1.82, 2.24) is 10.6 Å². The number of piperidine rings is 1. The first-order chi connectivity index (χ1) is 10.6. The van der Waals surface area contributed by atoms with Gasteiger partial charge in [-0.15, -0.1) is 11.3 Å². The van der Waals surface area contributed by atoms with Crippen molar-refractivity contribution < 1.29 is 13.6 Å². The summed E-state index contributed by atoms with van der Waals surface area (Å²) in [5.74, 6) is -1.36. The number of benzene rings is 1. The summed E-state index contributed by atoms with van der Waals surface area (Å²) in [5, 5.41) is 8.22. The molecule has 0 unspecified atom stereocenters. The van der Waals surface area contributed by atoms with Crippen molar-refractivity contribution in [2.75, 3.05) is 0 Å². The van der Waals surface area contributed by atoms with Gasteiger partial charge in [0.1, 0.15) is 11.6 Å². The first kappa shape index (κ1) is 15.1. The van der Waals surface area contributed by atoms with Gasteiger partial charge in [0.15, 0.2) is 0 Å². The molecule has 2 atom stereocenters. The lowest BCUT2D eigenvalue weighted by Gasteiger charge is -2.33. The summed E-state index contributed by atoms with van der Waals surface area (Å²) < 4.78 is 26.9. The maximum Gasteiger partial charge on any atom is 0.220 e. The maximum atomic E-state index is 13.4. The van der Waals surface area contributed by atoms with Crippen LogP contribution in [0.2, 0.25) is 0 Å². The highest BCUT2D eigenvalue weighted by molar-refractivity contribution is 7.09. The standard InChI is InChI=1S/C16H16F2N2OS/c17-11-6-10(7-12(18)8-11)16-14(3-4-15(21)20-16)19-9-13-2-1-5-22-13/h1-2,5-8,14,16,19H,3-4,9H2,(H,20,21)/t14-,16+/m1/s1. The van der Waals surface area contributed by atoms with Gasteiger partial charge in [-0.2, -0.15) is 0 Å². The van der Waals surface area contributed by atoms with E-state index >= 15 is 0 Å². The van der Waals surface area contributed by atoms with E-state index in [4.69, 9.17) is 0 Å². The van der Waals surface area contributed by atoms with Gasteiger partial charge in [0.05, 0.1) is 6.04 Å². The van der Waals surface area contributed by atoms with Gasteiger partial charge < -0.3 is 10.6 Å². The Balaban J connectivity index is 1.78. The number of hydrogen-bond acceptors (Lipinski definition) is 3. The fourth-order valence-corrected chi connectivity index (χ4v) is 3.39. The van der Waals surface area contributed by atoms with Gasteiger partial charge in [-0.25, -0.2) is 8.78 Å². The van der Waals surface area contributed by atoms with Crippen LogP contribution in [0.4, 0.5) is 8.78 Å². The lowest BCUT2D eigenvalue weighted by Crippen LogP contribution is -2.48. The van der Waals surface area contributed by atoms with Crippen molar-refractivity contribution in [3.8, 4) is 0 Å². The molecular formula is C16H16F2N2OS. The van der Waals surface area contributed by atoms with Crippen LogP contribution in [0.15, 0.2) is 35.7 Å². The molecule has 0 spiro atoms. The van der Waals surface area contributed by atoms with Crippen LogP contribution < -0.4 is 10.6 Å². The van der Waals surface area contributed by atoms with Gasteiger partial charge in [0, 0.05) is 30.0 Å². The quantitative estimate of drug-likeness (QED) is 0.908. The number of halogens is 2. The fraction of sp³-hybridized carbons (Fsp3) is 0.312. The second-order valence-corrected chi connectivity index (χ2v) is 6.39. The molecule has 2 aromatic rings. The van der Waals surface area contributed by atoms with Gasteiger partial charge in [-0.05, 0) is 35.6 Å². The van der Waals surface area contributed by atoms with Crippen LogP contribution in [0.1, 0.15) is 29.3 Å². The SMILES string of the molecule is O=C1CC[C@@H](NCc2cccs2)[C@H](c2cc(F)cc(F)c2)N1. The highest BCUT2D eigenvalue weighted by Gasteiger charge is 2.30. The summed E-state index contributed by atoms with van der Waals surface area (Å²) in [6.07, 6.45) is 1.05. The predicted molar refractivity (Wildman–Crippen MR) is 81.4 cm³/mol. The number of carbonyl (C=O) groups excluding carboxylic acids is 1. The van der Waals surface area contributed by atoms with E-state index in [2.05, 4.69) is 10.6 Å². The van der Waals surface area contributed by atoms with Gasteiger partial charge in [-0.3, -0.25) is 4.79 Å². The molecule has 0 radical (unpaired) electrons. The average Bonchev–Trinajstić information content (AvgIpc) is 2.98. The van der Waals surface area contributed by atoms with E-state index in [1.54, 1.807) is 11.3 Å². The minimum Gasteiger partial charge on any atom is -0.348 e. The summed E-state index contributed by atoms with van der Waals surface area (Å²) in [6, 6.07) is 6.91. The molecule has 0 aliphatic carbocycles. The monoisotopic (exact) mass is 322 g/mol. The highest BCUT2D eigenvalue weighted by Crippen LogP contribution is 2.26. The van der Waals surface area contributed by atoms with Crippen LogP contribution in [0.5, 0.6) is 0 Å². The Bertz CT molecular complexity index is 640. The Morgan fingerprint density at radius 1 is 1.27 bits per heavy atom. The van der Waals surface area contributed by atoms with Crippen LogP contribution >= 0.6 is 11.3 Å². The Labute approximate surface area is 131 Å². The van der Waals surface area contributed by atoms with Gasteiger partial charge in [-0.1, -0.05) is 6.07 Å². The number of amides is 1. The lowest BCUT2D eigenvalue weighted by molar-refractivity contribution is -0.123. The molecule has 0 bridgehead atoms. The normalized spacial score (nSPS) is 21.6. The zero-order valence-electron chi connectivity index (χ0n) is 11.8. The van der Waals surface area contributed by atoms with E-state index in [1.807, 2.05) is 17.5 Å². The van der Waals surface area contributed by atoms with E-state index in [-0.39, 0.29) is 11.9 Å². The zero-order valence-corrected chi connectivity index (χ0v) is 12.6. The molecule has 2 N–H and O–H groups in total. The molecule has 2 heterocycles. The Morgan fingerprint density at radius 3 is 2.73 bits per heavy atom. The number of hydrogen-bond donors (Lipinski definition) is 2. The van der Waals surface area contributed by atoms with Crippen LogP contribution in [0, 0.1) is 11.6 Å². The lowest BCUT2D eigenvalue weighted by atomic mass is 9.91. The highest BCUT2D eigenvalue weighted by atomic mass is 32.1. The molecular weight excluding hydrogens is 306 g/mol. The average molecular weight is 322 g/mol. The summed E-state index contributed by atoms with van der Waals surface area (Å²) >= 11 is 1.64. The molecule has 6 heteroatoms. The molecule has 3 rings (SSSR count). The molecule has 116 valence electrons. The van der Waals surface area contributed by atoms with Crippen molar-refractivity contribution in [3.05, 3.63) is 57.8 Å². The molecule has 1 fully saturated rings. The van der Waals surface area contributed by atoms with Crippen molar-refractivity contribution >= 4 is 17.2 Å². The number of thiophene rings is 1. The minimum atomic E-state index is -0.633. The summed E-state index contributed by atoms with van der Waals surface area (Å²) in [6.45, 7) is 0.673. The van der Waals surface area contributed by atoms with Crippen LogP contribution in [0.25, 0.3) is 0 Å². The Hall–Kier alpha value is -1.79. The van der Waals surface area contributed by atoms with E-state index < -0.39 is 17.7 Å². The second-order valence-electron chi connectivity index (χ2n) is 5.35. The number of carbonyl (C=O) groups is 1. The summed E-state index contributed by atoms with van der Waals surface area (Å²) in [4.78, 5) is 12.9. The van der Waals surface area contributed by atoms with E-state index in [0.717, 1.165) is 6.07 Å². The third-order valence-electron chi connectivity index (χ3n) is 3.76. The van der Waals surface area contributed by atoms with E-state index in [0.29, 0.717) is 24.9 Å². The molecule has 3 nitrogen and oxygen atoms in total. The number of nitrogens with one attached hydrogen (secondary N) is 2. The topological polar surface area (TPSA) is 41.1 Å². The van der Waals surface area contributed by atoms with E-state index in [1.165, 1.54) is 17.0 Å². The number of rotatable bonds is 4. The third kappa shape index (κ3) is 3.51. The zero-order chi connectivity index (χ0) is 15.5. The molecule has 1 aliphatic heterocycles. The largest absolute Gasteiger partial charge is 0.348 e. The molecule has 1 aliphatic rings. The summed E-state index contributed by atoms with van der Waals surface area (Å²) in [5.41, 5.74) is 0.453. The molecule has 22 heavy (non-hydrogen) atoms. The maximum absolute atomic E-state index is 13.4. The molecule has 1 aromatic heterocycles. The van der Waals surface area contributed by atoms with Crippen LogP contribution in [0.3, 0.4) is 0 Å². The van der Waals surface area contributed by atoms with E-state index in [9.17, 15) is 13.6 Å². The molecule has 1 saturated heterocycles. The van der Waals surface area contributed by atoms with Gasteiger partial charge >= 0.3 is 0 Å². The van der Waals surface area contributed by atoms with Crippen LogP contribution in [-0.4, -0.2) is 11.9 Å². The van der Waals surface area contributed by atoms with Crippen molar-refractivity contribution in [1.29, 1.82) is 0 Å². The smallest absolute Gasteiger partial charge is 0.220 e. The minimum absolute atomic E-state index is 0.0546. The Kier molecular flexibility index (Phi) is 4.49. The molecule has 1 amide bonds. The van der Waals surface area contributed by atoms with Crippen molar-refractivity contribution in [3.63, 3.8) is 0 Å². The second kappa shape index (κ2) is 6.54. The first-order valence-electron chi connectivity index (χ1n) is 7.13. The van der Waals surface area contributed by atoms with Gasteiger partial charge in [0.25, 0.3) is 0 Å². The van der Waals surface area contributed by atoms with Crippen molar-refractivity contribution in [2.24, 2.45) is 0 Å². The molecule has 0 saturated carbocycles. The van der Waals surface area contributed by atoms with Crippen molar-refractivity contribution in [2.45, 2.75) is 31.5 Å². The summed E-state index contributed by atoms with van der Waals surface area (Å²) in [7, 11) is 0. The Morgan fingerprint density at radius 2 is 2.05 bits per heavy atom. The third-order valence-corrected chi connectivity index (χ3v) is 4.64. The van der Waals surface area contributed by atoms with Crippen LogP contribution in [-0.2, 0) is 11.3 Å². The fourth-order valence-electron chi connectivity index (χ4n) is 2.73. The predicted octanol–water partition coefficient (Wildman–Crippen LogP) is 3.14. The first-order valence-corrected chi connectivity index (χ1v) is 8.01.